The van der Waals surface area contributed by atoms with Crippen LogP contribution in [0.25, 0.3) is 0 Å². The summed E-state index contributed by atoms with van der Waals surface area (Å²) in [6.45, 7) is 6.30. The minimum atomic E-state index is -0.389. The quantitative estimate of drug-likeness (QED) is 0.663. The zero-order chi connectivity index (χ0) is 14.0. The van der Waals surface area contributed by atoms with Crippen molar-refractivity contribution in [1.82, 2.24) is 0 Å². The van der Waals surface area contributed by atoms with Gasteiger partial charge in [-0.15, -0.1) is 11.3 Å². The molecule has 0 aliphatic carbocycles. The molecule has 100 valence electrons. The Morgan fingerprint density at radius 3 is 2.37 bits per heavy atom. The van der Waals surface area contributed by atoms with Crippen molar-refractivity contribution < 1.29 is 4.92 Å². The number of nitrogens with zero attached hydrogens (tertiary/aromatic N) is 1. The van der Waals surface area contributed by atoms with E-state index in [1.807, 2.05) is 0 Å². The van der Waals surface area contributed by atoms with Gasteiger partial charge in [0.05, 0.1) is 4.92 Å². The number of nitrogens with one attached hydrogen (secondary N) is 1. The van der Waals surface area contributed by atoms with Crippen molar-refractivity contribution in [3.8, 4) is 0 Å². The van der Waals surface area contributed by atoms with Gasteiger partial charge in [0.15, 0.2) is 0 Å². The van der Waals surface area contributed by atoms with E-state index in [0.717, 1.165) is 5.69 Å². The van der Waals surface area contributed by atoms with Crippen molar-refractivity contribution in [2.24, 2.45) is 0 Å². The van der Waals surface area contributed by atoms with E-state index in [0.29, 0.717) is 0 Å². The lowest BCUT2D eigenvalue weighted by molar-refractivity contribution is -0.384. The van der Waals surface area contributed by atoms with Crippen LogP contribution in [0, 0.1) is 24.0 Å². The number of aryl methyl sites for hydroxylation is 2. The van der Waals surface area contributed by atoms with E-state index in [2.05, 4.69) is 32.2 Å². The summed E-state index contributed by atoms with van der Waals surface area (Å²) < 4.78 is 0. The number of non-ortho nitro benzene ring substituents is 1. The molecule has 4 nitrogen and oxygen atoms in total. The van der Waals surface area contributed by atoms with Gasteiger partial charge in [0.25, 0.3) is 5.69 Å². The zero-order valence-electron chi connectivity index (χ0n) is 11.1. The summed E-state index contributed by atoms with van der Waals surface area (Å²) in [7, 11) is 0. The van der Waals surface area contributed by atoms with E-state index < -0.39 is 0 Å². The van der Waals surface area contributed by atoms with Crippen molar-refractivity contribution in [3.05, 3.63) is 55.8 Å². The summed E-state index contributed by atoms with van der Waals surface area (Å²) in [5.74, 6) is 0. The summed E-state index contributed by atoms with van der Waals surface area (Å²) >= 11 is 1.79. The number of nitro groups is 1. The van der Waals surface area contributed by atoms with Crippen LogP contribution in [0.15, 0.2) is 30.3 Å². The summed E-state index contributed by atoms with van der Waals surface area (Å²) in [6.07, 6.45) is 0. The number of rotatable bonds is 4. The maximum atomic E-state index is 10.6. The average Bonchev–Trinajstić information content (AvgIpc) is 2.69. The van der Waals surface area contributed by atoms with Crippen molar-refractivity contribution in [2.45, 2.75) is 26.8 Å². The number of thiophene rings is 1. The smallest absolute Gasteiger partial charge is 0.269 e. The fourth-order valence-corrected chi connectivity index (χ4v) is 3.11. The Labute approximate surface area is 116 Å². The predicted octanol–water partition coefficient (Wildman–Crippen LogP) is 4.45. The van der Waals surface area contributed by atoms with Gasteiger partial charge in [0.1, 0.15) is 0 Å². The molecule has 19 heavy (non-hydrogen) atoms. The molecule has 0 saturated carbocycles. The molecule has 2 aromatic rings. The topological polar surface area (TPSA) is 55.2 Å². The molecule has 0 aliphatic rings. The highest BCUT2D eigenvalue weighted by Crippen LogP contribution is 2.28. The Morgan fingerprint density at radius 1 is 1.26 bits per heavy atom. The third-order valence-electron chi connectivity index (χ3n) is 3.01. The second kappa shape index (κ2) is 5.40. The van der Waals surface area contributed by atoms with Crippen LogP contribution in [0.5, 0.6) is 0 Å². The van der Waals surface area contributed by atoms with Crippen LogP contribution in [0.4, 0.5) is 11.4 Å². The fourth-order valence-electron chi connectivity index (χ4n) is 2.09. The molecule has 0 bridgehead atoms. The Morgan fingerprint density at radius 2 is 1.89 bits per heavy atom. The Kier molecular flexibility index (Phi) is 3.85. The minimum absolute atomic E-state index is 0.112. The average molecular weight is 276 g/mol. The molecule has 1 aromatic carbocycles. The third-order valence-corrected chi connectivity index (χ3v) is 3.99. The Balaban J connectivity index is 2.12. The van der Waals surface area contributed by atoms with Crippen LogP contribution >= 0.6 is 11.3 Å². The molecule has 0 saturated heterocycles. The van der Waals surface area contributed by atoms with Crippen LogP contribution in [-0.2, 0) is 0 Å². The first kappa shape index (κ1) is 13.5. The largest absolute Gasteiger partial charge is 0.378 e. The first-order valence-corrected chi connectivity index (χ1v) is 6.87. The molecule has 2 rings (SSSR count). The van der Waals surface area contributed by atoms with E-state index >= 15 is 0 Å². The summed E-state index contributed by atoms with van der Waals surface area (Å²) in [5.41, 5.74) is 2.28. The number of hydrogen-bond acceptors (Lipinski definition) is 4. The van der Waals surface area contributed by atoms with Gasteiger partial charge in [-0.05, 0) is 44.5 Å². The molecular weight excluding hydrogens is 260 g/mol. The number of nitro benzene ring substituents is 1. The molecule has 5 heteroatoms. The van der Waals surface area contributed by atoms with Crippen LogP contribution in [-0.4, -0.2) is 4.92 Å². The second-order valence-electron chi connectivity index (χ2n) is 4.54. The SMILES string of the molecule is Cc1cc(C(C)Nc2ccc([N+](=O)[O-])cc2)c(C)s1. The van der Waals surface area contributed by atoms with Gasteiger partial charge in [-0.25, -0.2) is 0 Å². The van der Waals surface area contributed by atoms with Gasteiger partial charge < -0.3 is 5.32 Å². The van der Waals surface area contributed by atoms with Gasteiger partial charge in [0, 0.05) is 33.6 Å². The van der Waals surface area contributed by atoms with Crippen molar-refractivity contribution >= 4 is 22.7 Å². The third kappa shape index (κ3) is 3.12. The zero-order valence-corrected chi connectivity index (χ0v) is 12.0. The van der Waals surface area contributed by atoms with Crippen LogP contribution in [0.2, 0.25) is 0 Å². The van der Waals surface area contributed by atoms with Crippen LogP contribution < -0.4 is 5.32 Å². The van der Waals surface area contributed by atoms with E-state index in [4.69, 9.17) is 0 Å². The maximum Gasteiger partial charge on any atom is 0.269 e. The highest BCUT2D eigenvalue weighted by atomic mass is 32.1. The summed E-state index contributed by atoms with van der Waals surface area (Å²) in [6, 6.07) is 8.88. The normalized spacial score (nSPS) is 12.2. The van der Waals surface area contributed by atoms with Gasteiger partial charge in [-0.3, -0.25) is 10.1 Å². The molecule has 0 spiro atoms. The lowest BCUT2D eigenvalue weighted by atomic mass is 10.1. The molecule has 0 radical (unpaired) electrons. The number of anilines is 1. The van der Waals surface area contributed by atoms with E-state index in [-0.39, 0.29) is 16.7 Å². The van der Waals surface area contributed by atoms with E-state index in [9.17, 15) is 10.1 Å². The molecule has 0 fully saturated rings. The standard InChI is InChI=1S/C14H16N2O2S/c1-9-8-14(11(3)19-9)10(2)15-12-4-6-13(7-5-12)16(17)18/h4-8,10,15H,1-3H3. The highest BCUT2D eigenvalue weighted by Gasteiger charge is 2.11. The van der Waals surface area contributed by atoms with Crippen LogP contribution in [0.1, 0.15) is 28.3 Å². The van der Waals surface area contributed by atoms with Gasteiger partial charge in [-0.2, -0.15) is 0 Å². The Bertz CT molecular complexity index is 590. The predicted molar refractivity (Wildman–Crippen MR) is 78.9 cm³/mol. The summed E-state index contributed by atoms with van der Waals surface area (Å²) in [4.78, 5) is 12.8. The molecule has 1 unspecified atom stereocenters. The van der Waals surface area contributed by atoms with E-state index in [1.54, 1.807) is 23.5 Å². The first-order valence-electron chi connectivity index (χ1n) is 6.05. The maximum absolute atomic E-state index is 10.6. The van der Waals surface area contributed by atoms with Gasteiger partial charge in [-0.1, -0.05) is 0 Å². The lowest BCUT2D eigenvalue weighted by Gasteiger charge is -2.15. The molecule has 1 N–H and O–H groups in total. The fraction of sp³-hybridized carbons (Fsp3) is 0.286. The molecule has 0 aliphatic heterocycles. The lowest BCUT2D eigenvalue weighted by Crippen LogP contribution is -2.06. The molecule has 1 aromatic heterocycles. The van der Waals surface area contributed by atoms with Crippen molar-refractivity contribution in [2.75, 3.05) is 5.32 Å². The first-order chi connectivity index (χ1) is 8.97. The monoisotopic (exact) mass is 276 g/mol. The number of hydrogen-bond donors (Lipinski definition) is 1. The summed E-state index contributed by atoms with van der Waals surface area (Å²) in [5, 5.41) is 14.0. The van der Waals surface area contributed by atoms with Gasteiger partial charge in [0.2, 0.25) is 0 Å². The molecule has 0 amide bonds. The van der Waals surface area contributed by atoms with Crippen LogP contribution in [0.3, 0.4) is 0 Å². The second-order valence-corrected chi connectivity index (χ2v) is 6.00. The van der Waals surface area contributed by atoms with Gasteiger partial charge >= 0.3 is 0 Å². The highest BCUT2D eigenvalue weighted by molar-refractivity contribution is 7.12. The molecular formula is C14H16N2O2S. The number of benzene rings is 1. The molecule has 1 heterocycles. The Hall–Kier alpha value is -1.88. The van der Waals surface area contributed by atoms with Crippen molar-refractivity contribution in [3.63, 3.8) is 0 Å². The van der Waals surface area contributed by atoms with E-state index in [1.165, 1.54) is 27.5 Å². The minimum Gasteiger partial charge on any atom is -0.378 e. The van der Waals surface area contributed by atoms with Crippen molar-refractivity contribution in [1.29, 1.82) is 0 Å². The molecule has 1 atom stereocenters.